The van der Waals surface area contributed by atoms with E-state index in [1.165, 1.54) is 12.3 Å². The first-order chi connectivity index (χ1) is 13.4. The molecule has 2 heterocycles. The van der Waals surface area contributed by atoms with E-state index in [0.717, 1.165) is 0 Å². The lowest BCUT2D eigenvalue weighted by atomic mass is 10.1. The number of hydrogen-bond acceptors (Lipinski definition) is 4. The molecule has 3 amide bonds. The monoisotopic (exact) mass is 423 g/mol. The molecule has 1 aliphatic heterocycles. The first-order valence-electron chi connectivity index (χ1n) is 8.75. The van der Waals surface area contributed by atoms with Gasteiger partial charge in [0.2, 0.25) is 5.91 Å². The molecular formula is C19H19Cl2N3O4. The van der Waals surface area contributed by atoms with E-state index >= 15 is 0 Å². The van der Waals surface area contributed by atoms with E-state index < -0.39 is 11.9 Å². The first kappa shape index (κ1) is 20.2. The van der Waals surface area contributed by atoms with Crippen LogP contribution in [0.4, 0.5) is 0 Å². The zero-order valence-electron chi connectivity index (χ0n) is 15.2. The highest BCUT2D eigenvalue weighted by Crippen LogP contribution is 2.26. The Labute approximate surface area is 172 Å². The van der Waals surface area contributed by atoms with Gasteiger partial charge in [0.25, 0.3) is 11.8 Å². The van der Waals surface area contributed by atoms with E-state index in [0.29, 0.717) is 36.8 Å². The van der Waals surface area contributed by atoms with Gasteiger partial charge in [0.05, 0.1) is 21.9 Å². The lowest BCUT2D eigenvalue weighted by Crippen LogP contribution is -2.55. The van der Waals surface area contributed by atoms with Crippen molar-refractivity contribution in [2.24, 2.45) is 0 Å². The second-order valence-corrected chi connectivity index (χ2v) is 7.18. The number of benzene rings is 1. The molecule has 0 bridgehead atoms. The molecule has 1 aromatic carbocycles. The topological polar surface area (TPSA) is 82.9 Å². The smallest absolute Gasteiger partial charge is 0.287 e. The van der Waals surface area contributed by atoms with Gasteiger partial charge in [0.15, 0.2) is 5.76 Å². The molecule has 28 heavy (non-hydrogen) atoms. The molecule has 148 valence electrons. The second-order valence-electron chi connectivity index (χ2n) is 6.39. The molecule has 0 spiro atoms. The van der Waals surface area contributed by atoms with Crippen LogP contribution < -0.4 is 5.32 Å². The Balaban J connectivity index is 1.55. The van der Waals surface area contributed by atoms with Crippen molar-refractivity contribution in [2.75, 3.05) is 26.2 Å². The molecule has 1 saturated heterocycles. The van der Waals surface area contributed by atoms with Crippen molar-refractivity contribution in [1.82, 2.24) is 15.1 Å². The fraction of sp³-hybridized carbons (Fsp3) is 0.316. The molecule has 3 rings (SSSR count). The lowest BCUT2D eigenvalue weighted by Gasteiger charge is -2.36. The molecule has 2 aromatic rings. The van der Waals surface area contributed by atoms with Gasteiger partial charge >= 0.3 is 0 Å². The van der Waals surface area contributed by atoms with E-state index in [9.17, 15) is 14.4 Å². The summed E-state index contributed by atoms with van der Waals surface area (Å²) >= 11 is 12.1. The van der Waals surface area contributed by atoms with Crippen molar-refractivity contribution in [2.45, 2.75) is 13.0 Å². The van der Waals surface area contributed by atoms with Gasteiger partial charge in [-0.05, 0) is 31.2 Å². The van der Waals surface area contributed by atoms with Crippen LogP contribution in [0.5, 0.6) is 0 Å². The zero-order valence-corrected chi connectivity index (χ0v) is 16.7. The summed E-state index contributed by atoms with van der Waals surface area (Å²) in [6, 6.07) is 7.34. The zero-order chi connectivity index (χ0) is 20.3. The van der Waals surface area contributed by atoms with Crippen LogP contribution in [0.25, 0.3) is 0 Å². The average molecular weight is 424 g/mol. The predicted octanol–water partition coefficient (Wildman–Crippen LogP) is 2.69. The Morgan fingerprint density at radius 1 is 1.04 bits per heavy atom. The summed E-state index contributed by atoms with van der Waals surface area (Å²) in [5, 5.41) is 3.16. The number of carbonyl (C=O) groups is 3. The number of furan rings is 1. The number of carbonyl (C=O) groups excluding carboxylic acids is 3. The van der Waals surface area contributed by atoms with Gasteiger partial charge in [-0.3, -0.25) is 14.4 Å². The third kappa shape index (κ3) is 4.31. The van der Waals surface area contributed by atoms with E-state index in [1.54, 1.807) is 41.0 Å². The van der Waals surface area contributed by atoms with Crippen LogP contribution in [0.15, 0.2) is 41.0 Å². The average Bonchev–Trinajstić information content (AvgIpc) is 3.24. The molecule has 0 radical (unpaired) electrons. The van der Waals surface area contributed by atoms with Crippen molar-refractivity contribution in [3.63, 3.8) is 0 Å². The maximum atomic E-state index is 12.7. The van der Waals surface area contributed by atoms with Crippen LogP contribution in [-0.4, -0.2) is 59.7 Å². The summed E-state index contributed by atoms with van der Waals surface area (Å²) < 4.78 is 5.02. The molecule has 9 heteroatoms. The predicted molar refractivity (Wildman–Crippen MR) is 105 cm³/mol. The van der Waals surface area contributed by atoms with Crippen molar-refractivity contribution in [1.29, 1.82) is 0 Å². The van der Waals surface area contributed by atoms with Crippen LogP contribution >= 0.6 is 23.2 Å². The van der Waals surface area contributed by atoms with Crippen molar-refractivity contribution < 1.29 is 18.8 Å². The van der Waals surface area contributed by atoms with Gasteiger partial charge in [-0.2, -0.15) is 0 Å². The van der Waals surface area contributed by atoms with E-state index in [2.05, 4.69) is 5.32 Å². The molecule has 1 atom stereocenters. The van der Waals surface area contributed by atoms with Crippen LogP contribution in [0.3, 0.4) is 0 Å². The minimum atomic E-state index is -0.706. The van der Waals surface area contributed by atoms with Gasteiger partial charge in [0.1, 0.15) is 6.04 Å². The van der Waals surface area contributed by atoms with Crippen molar-refractivity contribution in [3.8, 4) is 0 Å². The third-order valence-corrected chi connectivity index (χ3v) is 5.34. The highest BCUT2D eigenvalue weighted by atomic mass is 35.5. The highest BCUT2D eigenvalue weighted by Gasteiger charge is 2.29. The first-order valence-corrected chi connectivity index (χ1v) is 9.50. The van der Waals surface area contributed by atoms with Crippen LogP contribution in [0, 0.1) is 0 Å². The summed E-state index contributed by atoms with van der Waals surface area (Å²) in [7, 11) is 0. The minimum Gasteiger partial charge on any atom is -0.459 e. The number of amides is 3. The number of hydrogen-bond donors (Lipinski definition) is 1. The number of halogens is 2. The maximum absolute atomic E-state index is 12.7. The molecule has 1 unspecified atom stereocenters. The SMILES string of the molecule is CC(NC(=O)c1ccco1)C(=O)N1CCN(C(=O)c2cccc(Cl)c2Cl)CC1. The lowest BCUT2D eigenvalue weighted by molar-refractivity contribution is -0.134. The number of piperazine rings is 1. The fourth-order valence-corrected chi connectivity index (χ4v) is 3.36. The van der Waals surface area contributed by atoms with Gasteiger partial charge in [-0.1, -0.05) is 29.3 Å². The van der Waals surface area contributed by atoms with Gasteiger partial charge in [0, 0.05) is 26.2 Å². The largest absolute Gasteiger partial charge is 0.459 e. The molecule has 0 aliphatic carbocycles. The van der Waals surface area contributed by atoms with Gasteiger partial charge in [-0.15, -0.1) is 0 Å². The van der Waals surface area contributed by atoms with Gasteiger partial charge < -0.3 is 19.5 Å². The minimum absolute atomic E-state index is 0.147. The van der Waals surface area contributed by atoms with E-state index in [1.807, 2.05) is 0 Å². The molecular weight excluding hydrogens is 405 g/mol. The summed E-state index contributed by atoms with van der Waals surface area (Å²) in [5.41, 5.74) is 0.341. The molecule has 7 nitrogen and oxygen atoms in total. The van der Waals surface area contributed by atoms with Crippen molar-refractivity contribution >= 4 is 40.9 Å². The van der Waals surface area contributed by atoms with Gasteiger partial charge in [-0.25, -0.2) is 0 Å². The van der Waals surface area contributed by atoms with E-state index in [-0.39, 0.29) is 22.6 Å². The Hall–Kier alpha value is -2.51. The Morgan fingerprint density at radius 2 is 1.71 bits per heavy atom. The molecule has 1 fully saturated rings. The van der Waals surface area contributed by atoms with Crippen LogP contribution in [0.1, 0.15) is 27.8 Å². The molecule has 0 saturated carbocycles. The number of nitrogens with zero attached hydrogens (tertiary/aromatic N) is 2. The standard InChI is InChI=1S/C19H19Cl2N3O4/c1-12(22-17(25)15-6-3-11-28-15)18(26)23-7-9-24(10-8-23)19(27)13-4-2-5-14(20)16(13)21/h2-6,11-12H,7-10H2,1H3,(H,22,25). The summed E-state index contributed by atoms with van der Waals surface area (Å²) in [6.45, 7) is 3.08. The van der Waals surface area contributed by atoms with E-state index in [4.69, 9.17) is 27.6 Å². The molecule has 1 aliphatic rings. The maximum Gasteiger partial charge on any atom is 0.287 e. The highest BCUT2D eigenvalue weighted by molar-refractivity contribution is 6.43. The fourth-order valence-electron chi connectivity index (χ4n) is 2.98. The normalized spacial score (nSPS) is 15.2. The molecule has 1 aromatic heterocycles. The number of rotatable bonds is 4. The quantitative estimate of drug-likeness (QED) is 0.819. The van der Waals surface area contributed by atoms with Crippen molar-refractivity contribution in [3.05, 3.63) is 58.0 Å². The Morgan fingerprint density at radius 3 is 2.36 bits per heavy atom. The summed E-state index contributed by atoms with van der Waals surface area (Å²) in [5.74, 6) is -0.740. The Kier molecular flexibility index (Phi) is 6.26. The summed E-state index contributed by atoms with van der Waals surface area (Å²) in [6.07, 6.45) is 1.39. The number of nitrogens with one attached hydrogen (secondary N) is 1. The van der Waals surface area contributed by atoms with Crippen LogP contribution in [0.2, 0.25) is 10.0 Å². The molecule has 1 N–H and O–H groups in total. The second kappa shape index (κ2) is 8.67. The Bertz CT molecular complexity index is 877. The third-order valence-electron chi connectivity index (χ3n) is 4.52. The van der Waals surface area contributed by atoms with Crippen LogP contribution in [-0.2, 0) is 4.79 Å². The summed E-state index contributed by atoms with van der Waals surface area (Å²) in [4.78, 5) is 40.5.